The number of carbonyl (C=O) groups excluding carboxylic acids is 1. The molecule has 0 aliphatic carbocycles. The molecule has 11 nitrogen and oxygen atoms in total. The maximum absolute atomic E-state index is 12.9. The van der Waals surface area contributed by atoms with E-state index in [4.69, 9.17) is 9.84 Å². The third kappa shape index (κ3) is 4.62. The van der Waals surface area contributed by atoms with Crippen LogP contribution in [0.5, 0.6) is 5.75 Å². The molecule has 1 heterocycles. The molecule has 2 aromatic carbocycles. The van der Waals surface area contributed by atoms with Crippen LogP contribution in [0.2, 0.25) is 0 Å². The summed E-state index contributed by atoms with van der Waals surface area (Å²) >= 11 is 0. The highest BCUT2D eigenvalue weighted by Gasteiger charge is 2.29. The summed E-state index contributed by atoms with van der Waals surface area (Å²) < 4.78 is 59.7. The average molecular weight is 469 g/mol. The Morgan fingerprint density at radius 1 is 1.13 bits per heavy atom. The Labute approximate surface area is 178 Å². The predicted molar refractivity (Wildman–Crippen MR) is 110 cm³/mol. The van der Waals surface area contributed by atoms with Gasteiger partial charge < -0.3 is 9.84 Å². The number of benzene rings is 2. The van der Waals surface area contributed by atoms with E-state index < -0.39 is 38.5 Å². The van der Waals surface area contributed by atoms with E-state index in [0.29, 0.717) is 5.56 Å². The Bertz CT molecular complexity index is 1270. The summed E-state index contributed by atoms with van der Waals surface area (Å²) in [7, 11) is -6.77. The fraction of sp³-hybridized carbons (Fsp3) is 0.222. The quantitative estimate of drug-likeness (QED) is 0.529. The van der Waals surface area contributed by atoms with Crippen LogP contribution in [0.15, 0.2) is 46.2 Å². The fourth-order valence-corrected chi connectivity index (χ4v) is 5.00. The van der Waals surface area contributed by atoms with Crippen molar-refractivity contribution in [2.75, 3.05) is 29.8 Å². The SMILES string of the molecule is CNS(=O)(=O)c1cc(NS(=O)(=O)c2ccc3c(c2)N(CC(=O)O)C(=O)CO3)ccc1C. The van der Waals surface area contributed by atoms with E-state index in [9.17, 15) is 26.4 Å². The molecule has 0 atom stereocenters. The maximum atomic E-state index is 12.9. The van der Waals surface area contributed by atoms with Crippen molar-refractivity contribution < 1.29 is 36.3 Å². The third-order valence-corrected chi connectivity index (χ3v) is 7.41. The number of aryl methyl sites for hydroxylation is 1. The molecule has 3 N–H and O–H groups in total. The zero-order valence-electron chi connectivity index (χ0n) is 16.4. The van der Waals surface area contributed by atoms with E-state index in [2.05, 4.69) is 9.44 Å². The summed E-state index contributed by atoms with van der Waals surface area (Å²) in [6.07, 6.45) is 0. The van der Waals surface area contributed by atoms with Crippen molar-refractivity contribution in [3.63, 3.8) is 0 Å². The summed E-state index contributed by atoms with van der Waals surface area (Å²) in [5.41, 5.74) is 0.432. The largest absolute Gasteiger partial charge is 0.482 e. The van der Waals surface area contributed by atoms with Gasteiger partial charge in [0.25, 0.3) is 15.9 Å². The van der Waals surface area contributed by atoms with Crippen molar-refractivity contribution in [1.82, 2.24) is 4.72 Å². The Balaban J connectivity index is 1.99. The monoisotopic (exact) mass is 469 g/mol. The molecular formula is C18H19N3O8S2. The van der Waals surface area contributed by atoms with Crippen LogP contribution in [0.4, 0.5) is 11.4 Å². The first-order chi connectivity index (χ1) is 14.4. The minimum absolute atomic E-state index is 0.00359. The van der Waals surface area contributed by atoms with Crippen molar-refractivity contribution >= 4 is 43.3 Å². The molecule has 0 spiro atoms. The molecule has 13 heteroatoms. The number of rotatable bonds is 7. The second-order valence-electron chi connectivity index (χ2n) is 6.59. The van der Waals surface area contributed by atoms with Crippen molar-refractivity contribution in [3.05, 3.63) is 42.0 Å². The summed E-state index contributed by atoms with van der Waals surface area (Å²) in [6.45, 7) is 0.548. The van der Waals surface area contributed by atoms with Crippen LogP contribution in [0.1, 0.15) is 5.56 Å². The highest BCUT2D eigenvalue weighted by Crippen LogP contribution is 2.34. The van der Waals surface area contributed by atoms with E-state index in [1.165, 1.54) is 37.4 Å². The molecule has 2 aromatic rings. The zero-order chi connectivity index (χ0) is 23.0. The van der Waals surface area contributed by atoms with Crippen LogP contribution in [0.25, 0.3) is 0 Å². The first-order valence-electron chi connectivity index (χ1n) is 8.80. The van der Waals surface area contributed by atoms with Crippen molar-refractivity contribution in [1.29, 1.82) is 0 Å². The number of nitrogens with one attached hydrogen (secondary N) is 2. The van der Waals surface area contributed by atoms with Gasteiger partial charge in [0.1, 0.15) is 12.3 Å². The molecule has 0 radical (unpaired) electrons. The van der Waals surface area contributed by atoms with Crippen LogP contribution < -0.4 is 19.1 Å². The third-order valence-electron chi connectivity index (χ3n) is 4.48. The number of anilines is 2. The molecule has 1 aliphatic heterocycles. The standard InChI is InChI=1S/C18H19N3O8S2/c1-11-3-4-12(7-16(11)31(27,28)19-2)20-30(25,26)13-5-6-15-14(8-13)21(9-18(23)24)17(22)10-29-15/h3-8,19-20H,9-10H2,1-2H3,(H,23,24). The Morgan fingerprint density at radius 3 is 2.48 bits per heavy atom. The van der Waals surface area contributed by atoms with E-state index in [-0.39, 0.29) is 33.5 Å². The minimum atomic E-state index is -4.20. The normalized spacial score (nSPS) is 14.0. The number of carbonyl (C=O) groups is 2. The smallest absolute Gasteiger partial charge is 0.323 e. The molecule has 1 aliphatic rings. The zero-order valence-corrected chi connectivity index (χ0v) is 18.1. The lowest BCUT2D eigenvalue weighted by Gasteiger charge is -2.28. The number of carboxylic acid groups (broad SMARTS) is 1. The number of sulfonamides is 2. The van der Waals surface area contributed by atoms with E-state index in [1.807, 2.05) is 0 Å². The molecule has 1 amide bonds. The summed E-state index contributed by atoms with van der Waals surface area (Å²) in [5, 5.41) is 9.05. The number of nitrogens with zero attached hydrogens (tertiary/aromatic N) is 1. The minimum Gasteiger partial charge on any atom is -0.482 e. The molecular weight excluding hydrogens is 450 g/mol. The second kappa shape index (κ2) is 8.17. The second-order valence-corrected chi connectivity index (χ2v) is 10.1. The van der Waals surface area contributed by atoms with Gasteiger partial charge in [0, 0.05) is 0 Å². The van der Waals surface area contributed by atoms with Gasteiger partial charge in [-0.1, -0.05) is 6.07 Å². The van der Waals surface area contributed by atoms with Gasteiger partial charge in [0.2, 0.25) is 10.0 Å². The summed E-state index contributed by atoms with van der Waals surface area (Å²) in [6, 6.07) is 7.71. The van der Waals surface area contributed by atoms with Gasteiger partial charge in [-0.25, -0.2) is 21.6 Å². The molecule has 0 saturated carbocycles. The van der Waals surface area contributed by atoms with E-state index >= 15 is 0 Å². The van der Waals surface area contributed by atoms with Crippen LogP contribution in [0, 0.1) is 6.92 Å². The molecule has 166 valence electrons. The highest BCUT2D eigenvalue weighted by atomic mass is 32.2. The van der Waals surface area contributed by atoms with Crippen LogP contribution >= 0.6 is 0 Å². The number of hydrogen-bond donors (Lipinski definition) is 3. The average Bonchev–Trinajstić information content (AvgIpc) is 2.70. The number of ether oxygens (including phenoxy) is 1. The van der Waals surface area contributed by atoms with Gasteiger partial charge in [-0.15, -0.1) is 0 Å². The lowest BCUT2D eigenvalue weighted by Crippen LogP contribution is -2.42. The Hall–Kier alpha value is -3.16. The molecule has 3 rings (SSSR count). The van der Waals surface area contributed by atoms with Crippen molar-refractivity contribution in [3.8, 4) is 5.75 Å². The molecule has 0 saturated heterocycles. The number of fused-ring (bicyclic) bond motifs is 1. The van der Waals surface area contributed by atoms with Gasteiger partial charge in [-0.3, -0.25) is 19.2 Å². The lowest BCUT2D eigenvalue weighted by atomic mass is 10.2. The number of carboxylic acids is 1. The van der Waals surface area contributed by atoms with Crippen molar-refractivity contribution in [2.45, 2.75) is 16.7 Å². The van der Waals surface area contributed by atoms with Crippen molar-refractivity contribution in [2.24, 2.45) is 0 Å². The Morgan fingerprint density at radius 2 is 1.84 bits per heavy atom. The topological polar surface area (TPSA) is 159 Å². The van der Waals surface area contributed by atoms with Crippen LogP contribution in [-0.4, -0.2) is 54.0 Å². The first kappa shape index (κ1) is 22.5. The van der Waals surface area contributed by atoms with Gasteiger partial charge in [-0.2, -0.15) is 0 Å². The lowest BCUT2D eigenvalue weighted by molar-refractivity contribution is -0.137. The number of aliphatic carboxylic acids is 1. The highest BCUT2D eigenvalue weighted by molar-refractivity contribution is 7.92. The number of hydrogen-bond acceptors (Lipinski definition) is 7. The molecule has 0 bridgehead atoms. The summed E-state index contributed by atoms with van der Waals surface area (Å²) in [5.74, 6) is -1.74. The first-order valence-corrected chi connectivity index (χ1v) is 11.8. The Kier molecular flexibility index (Phi) is 5.93. The van der Waals surface area contributed by atoms with E-state index in [0.717, 1.165) is 11.0 Å². The molecule has 0 fully saturated rings. The number of amides is 1. The van der Waals surface area contributed by atoms with Crippen LogP contribution in [0.3, 0.4) is 0 Å². The summed E-state index contributed by atoms with van der Waals surface area (Å²) in [4.78, 5) is 23.7. The maximum Gasteiger partial charge on any atom is 0.323 e. The predicted octanol–water partition coefficient (Wildman–Crippen LogP) is 0.514. The van der Waals surface area contributed by atoms with Gasteiger partial charge in [0.15, 0.2) is 6.61 Å². The molecule has 0 unspecified atom stereocenters. The van der Waals surface area contributed by atoms with Gasteiger partial charge in [-0.05, 0) is 49.9 Å². The molecule has 31 heavy (non-hydrogen) atoms. The van der Waals surface area contributed by atoms with Gasteiger partial charge in [0.05, 0.1) is 21.2 Å². The molecule has 0 aromatic heterocycles. The fourth-order valence-electron chi connectivity index (χ4n) is 2.93. The van der Waals surface area contributed by atoms with E-state index in [1.54, 1.807) is 6.92 Å². The van der Waals surface area contributed by atoms with Gasteiger partial charge >= 0.3 is 5.97 Å². The van der Waals surface area contributed by atoms with Crippen LogP contribution in [-0.2, 0) is 29.6 Å².